The van der Waals surface area contributed by atoms with Crippen molar-refractivity contribution >= 4 is 12.2 Å². The second-order valence-corrected chi connectivity index (χ2v) is 2.93. The molecular formula is C19H32. The molecule has 0 N–H and O–H groups in total. The lowest BCUT2D eigenvalue weighted by atomic mass is 10.0. The Bertz CT molecular complexity index is 343. The van der Waals surface area contributed by atoms with Crippen LogP contribution < -0.4 is 0 Å². The number of rotatable bonds is 3. The van der Waals surface area contributed by atoms with Gasteiger partial charge in [0.2, 0.25) is 0 Å². The first kappa shape index (κ1) is 22.6. The van der Waals surface area contributed by atoms with Crippen LogP contribution in [0.5, 0.6) is 0 Å². The number of aryl methyl sites for hydroxylation is 1. The molecule has 1 aromatic rings. The van der Waals surface area contributed by atoms with E-state index < -0.39 is 0 Å². The normalized spacial score (nSPS) is 7.95. The van der Waals surface area contributed by atoms with Crippen molar-refractivity contribution in [3.8, 4) is 0 Å². The van der Waals surface area contributed by atoms with Gasteiger partial charge in [0, 0.05) is 0 Å². The standard InChI is InChI=1S/C13H14.3C2H6/c1-4-6-7-13-10-11(3)8-9-12(13)5-2;3*1-2/h4-10H,1-2H2,3H3;3*1-2H3/b7-6-;;;. The predicted octanol–water partition coefficient (Wildman–Crippen LogP) is 6.92. The van der Waals surface area contributed by atoms with Crippen molar-refractivity contribution in [1.29, 1.82) is 0 Å². The lowest BCUT2D eigenvalue weighted by Gasteiger charge is -2.01. The van der Waals surface area contributed by atoms with Crippen molar-refractivity contribution in [2.24, 2.45) is 0 Å². The van der Waals surface area contributed by atoms with Gasteiger partial charge >= 0.3 is 0 Å². The smallest absolute Gasteiger partial charge is 0.0182 e. The van der Waals surface area contributed by atoms with E-state index in [2.05, 4.69) is 38.3 Å². The molecule has 0 aliphatic heterocycles. The van der Waals surface area contributed by atoms with Gasteiger partial charge in [0.05, 0.1) is 0 Å². The first-order valence-electron chi connectivity index (χ1n) is 7.30. The van der Waals surface area contributed by atoms with Crippen LogP contribution in [0.3, 0.4) is 0 Å². The molecule has 0 spiro atoms. The van der Waals surface area contributed by atoms with Crippen LogP contribution in [-0.4, -0.2) is 0 Å². The maximum atomic E-state index is 3.77. The average Bonchev–Trinajstić information content (AvgIpc) is 2.51. The quantitative estimate of drug-likeness (QED) is 0.518. The van der Waals surface area contributed by atoms with Crippen LogP contribution in [0.4, 0.5) is 0 Å². The van der Waals surface area contributed by atoms with Crippen LogP contribution in [-0.2, 0) is 0 Å². The van der Waals surface area contributed by atoms with Crippen molar-refractivity contribution in [2.75, 3.05) is 0 Å². The van der Waals surface area contributed by atoms with E-state index in [1.807, 2.05) is 59.8 Å². The van der Waals surface area contributed by atoms with Gasteiger partial charge in [-0.3, -0.25) is 0 Å². The van der Waals surface area contributed by atoms with E-state index in [1.54, 1.807) is 6.08 Å². The van der Waals surface area contributed by atoms with Gasteiger partial charge in [0.15, 0.2) is 0 Å². The minimum absolute atomic E-state index is 1.16. The van der Waals surface area contributed by atoms with E-state index in [0.717, 1.165) is 5.56 Å². The Balaban J connectivity index is -0.000000375. The summed E-state index contributed by atoms with van der Waals surface area (Å²) in [6, 6.07) is 6.30. The van der Waals surface area contributed by atoms with Crippen LogP contribution in [0, 0.1) is 6.92 Å². The lowest BCUT2D eigenvalue weighted by molar-refractivity contribution is 1.45. The first-order chi connectivity index (χ1) is 9.27. The first-order valence-corrected chi connectivity index (χ1v) is 7.30. The molecule has 0 amide bonds. The summed E-state index contributed by atoms with van der Waals surface area (Å²) in [7, 11) is 0. The fourth-order valence-corrected chi connectivity index (χ4v) is 1.20. The lowest BCUT2D eigenvalue weighted by Crippen LogP contribution is -1.81. The molecule has 1 rings (SSSR count). The summed E-state index contributed by atoms with van der Waals surface area (Å²) in [5, 5.41) is 0. The van der Waals surface area contributed by atoms with E-state index in [1.165, 1.54) is 11.1 Å². The minimum atomic E-state index is 1.16. The van der Waals surface area contributed by atoms with E-state index in [-0.39, 0.29) is 0 Å². The molecule has 0 aliphatic carbocycles. The molecule has 108 valence electrons. The Morgan fingerprint density at radius 3 is 1.79 bits per heavy atom. The van der Waals surface area contributed by atoms with Gasteiger partial charge in [-0.15, -0.1) is 0 Å². The Hall–Kier alpha value is -1.56. The van der Waals surface area contributed by atoms with Crippen molar-refractivity contribution < 1.29 is 0 Å². The Morgan fingerprint density at radius 1 is 0.842 bits per heavy atom. The topological polar surface area (TPSA) is 0 Å². The van der Waals surface area contributed by atoms with Gasteiger partial charge in [-0.05, 0) is 18.1 Å². The Labute approximate surface area is 121 Å². The molecule has 0 aromatic heterocycles. The highest BCUT2D eigenvalue weighted by molar-refractivity contribution is 5.65. The summed E-state index contributed by atoms with van der Waals surface area (Å²) in [6.07, 6.45) is 7.61. The third kappa shape index (κ3) is 11.3. The highest BCUT2D eigenvalue weighted by Gasteiger charge is 1.94. The van der Waals surface area contributed by atoms with Gasteiger partial charge in [-0.25, -0.2) is 0 Å². The highest BCUT2D eigenvalue weighted by atomic mass is 14.0. The van der Waals surface area contributed by atoms with Crippen LogP contribution in [0.15, 0.2) is 43.5 Å². The molecule has 19 heavy (non-hydrogen) atoms. The van der Waals surface area contributed by atoms with E-state index in [0.29, 0.717) is 0 Å². The SMILES string of the molecule is C=C/C=C\c1cc(C)ccc1C=C.CC.CC.CC. The summed E-state index contributed by atoms with van der Waals surface area (Å²) < 4.78 is 0. The second kappa shape index (κ2) is 18.8. The maximum Gasteiger partial charge on any atom is -0.0182 e. The second-order valence-electron chi connectivity index (χ2n) is 2.93. The number of allylic oxidation sites excluding steroid dienone is 2. The van der Waals surface area contributed by atoms with Crippen LogP contribution in [0.25, 0.3) is 12.2 Å². The molecular weight excluding hydrogens is 228 g/mol. The van der Waals surface area contributed by atoms with Crippen LogP contribution in [0.2, 0.25) is 0 Å². The molecule has 0 unspecified atom stereocenters. The van der Waals surface area contributed by atoms with Crippen molar-refractivity contribution in [1.82, 2.24) is 0 Å². The molecule has 0 heteroatoms. The Morgan fingerprint density at radius 2 is 1.37 bits per heavy atom. The monoisotopic (exact) mass is 260 g/mol. The summed E-state index contributed by atoms with van der Waals surface area (Å²) in [6.45, 7) is 21.5. The molecule has 0 bridgehead atoms. The number of benzene rings is 1. The fraction of sp³-hybridized carbons (Fsp3) is 0.368. The largest absolute Gasteiger partial charge is 0.0991 e. The number of hydrogen-bond acceptors (Lipinski definition) is 0. The summed E-state index contributed by atoms with van der Waals surface area (Å²) >= 11 is 0. The van der Waals surface area contributed by atoms with Gasteiger partial charge < -0.3 is 0 Å². The molecule has 0 radical (unpaired) electrons. The van der Waals surface area contributed by atoms with Gasteiger partial charge in [-0.2, -0.15) is 0 Å². The van der Waals surface area contributed by atoms with Crippen LogP contribution >= 0.6 is 0 Å². The Kier molecular flexibility index (Phi) is 22.4. The van der Waals surface area contributed by atoms with Crippen LogP contribution in [0.1, 0.15) is 58.2 Å². The average molecular weight is 260 g/mol. The molecule has 0 saturated carbocycles. The van der Waals surface area contributed by atoms with Gasteiger partial charge in [0.1, 0.15) is 0 Å². The summed E-state index contributed by atoms with van der Waals surface area (Å²) in [5.41, 5.74) is 3.60. The maximum absolute atomic E-state index is 3.77. The molecule has 0 fully saturated rings. The van der Waals surface area contributed by atoms with Crippen molar-refractivity contribution in [2.45, 2.75) is 48.5 Å². The zero-order valence-electron chi connectivity index (χ0n) is 14.0. The summed E-state index contributed by atoms with van der Waals surface area (Å²) in [5.74, 6) is 0. The zero-order valence-corrected chi connectivity index (χ0v) is 14.0. The van der Waals surface area contributed by atoms with Crippen molar-refractivity contribution in [3.63, 3.8) is 0 Å². The minimum Gasteiger partial charge on any atom is -0.0991 e. The fourth-order valence-electron chi connectivity index (χ4n) is 1.20. The molecule has 0 nitrogen and oxygen atoms in total. The van der Waals surface area contributed by atoms with E-state index in [9.17, 15) is 0 Å². The highest BCUT2D eigenvalue weighted by Crippen LogP contribution is 2.14. The molecule has 0 saturated heterocycles. The predicted molar refractivity (Wildman–Crippen MR) is 94.5 cm³/mol. The van der Waals surface area contributed by atoms with Gasteiger partial charge in [0.25, 0.3) is 0 Å². The zero-order chi connectivity index (χ0) is 15.7. The third-order valence-corrected chi connectivity index (χ3v) is 1.87. The molecule has 1 aromatic carbocycles. The molecule has 0 aliphatic rings. The summed E-state index contributed by atoms with van der Waals surface area (Å²) in [4.78, 5) is 0. The molecule has 0 heterocycles. The van der Waals surface area contributed by atoms with E-state index >= 15 is 0 Å². The third-order valence-electron chi connectivity index (χ3n) is 1.87. The van der Waals surface area contributed by atoms with Crippen molar-refractivity contribution in [3.05, 3.63) is 60.2 Å². The number of hydrogen-bond donors (Lipinski definition) is 0. The van der Waals surface area contributed by atoms with Gasteiger partial charge in [-0.1, -0.05) is 103 Å². The molecule has 0 atom stereocenters. The van der Waals surface area contributed by atoms with E-state index in [4.69, 9.17) is 0 Å².